The fourth-order valence-electron chi connectivity index (χ4n) is 0.840. The quantitative estimate of drug-likeness (QED) is 0.659. The topological polar surface area (TPSA) is 12.0 Å². The van der Waals surface area contributed by atoms with E-state index in [-0.39, 0.29) is 0 Å². The van der Waals surface area contributed by atoms with Gasteiger partial charge in [-0.25, -0.2) is 0 Å². The van der Waals surface area contributed by atoms with Crippen molar-refractivity contribution in [3.8, 4) is 0 Å². The van der Waals surface area contributed by atoms with Crippen LogP contribution in [0.25, 0.3) is 0 Å². The van der Waals surface area contributed by atoms with Crippen LogP contribution in [-0.2, 0) is 0 Å². The predicted octanol–water partition coefficient (Wildman–Crippen LogP) is 3.63. The molecule has 1 unspecified atom stereocenters. The second-order valence-corrected chi connectivity index (χ2v) is 2.76. The zero-order valence-corrected chi connectivity index (χ0v) is 10.1. The molecule has 0 saturated heterocycles. The Morgan fingerprint density at radius 2 is 1.62 bits per heavy atom. The van der Waals surface area contributed by atoms with Crippen molar-refractivity contribution in [2.24, 2.45) is 5.92 Å². The van der Waals surface area contributed by atoms with Gasteiger partial charge in [-0.3, -0.25) is 0 Å². The predicted molar refractivity (Wildman–Crippen MR) is 65.1 cm³/mol. The van der Waals surface area contributed by atoms with Crippen molar-refractivity contribution >= 4 is 0 Å². The Bertz CT molecular complexity index is 87.1. The third-order valence-electron chi connectivity index (χ3n) is 1.38. The van der Waals surface area contributed by atoms with E-state index in [1.165, 1.54) is 6.42 Å². The van der Waals surface area contributed by atoms with Crippen LogP contribution in [0.5, 0.6) is 0 Å². The van der Waals surface area contributed by atoms with Crippen molar-refractivity contribution in [1.29, 1.82) is 0 Å². The fourth-order valence-corrected chi connectivity index (χ4v) is 0.840. The van der Waals surface area contributed by atoms with Gasteiger partial charge in [-0.1, -0.05) is 33.8 Å². The summed E-state index contributed by atoms with van der Waals surface area (Å²) in [5.41, 5.74) is 0. The van der Waals surface area contributed by atoms with E-state index >= 15 is 0 Å². The molecule has 0 amide bonds. The van der Waals surface area contributed by atoms with Crippen molar-refractivity contribution in [2.75, 3.05) is 7.05 Å². The first kappa shape index (κ1) is 18.3. The zero-order chi connectivity index (χ0) is 11.3. The summed E-state index contributed by atoms with van der Waals surface area (Å²) in [5, 5.41) is 3.16. The van der Waals surface area contributed by atoms with Crippen LogP contribution in [0.1, 0.15) is 34.1 Å². The summed E-state index contributed by atoms with van der Waals surface area (Å²) in [7, 11) is 1.97. The summed E-state index contributed by atoms with van der Waals surface area (Å²) in [6, 6.07) is 0.491. The summed E-state index contributed by atoms with van der Waals surface area (Å²) in [4.78, 5) is 0. The number of hydrogen-bond donors (Lipinski definition) is 1. The van der Waals surface area contributed by atoms with E-state index in [2.05, 4.69) is 38.9 Å². The van der Waals surface area contributed by atoms with E-state index in [0.717, 1.165) is 5.92 Å². The number of likely N-dealkylation sites (N-methyl/N-ethyl adjacent to an activating group) is 1. The molecule has 0 aromatic rings. The molecule has 0 fully saturated rings. The number of hydrogen-bond acceptors (Lipinski definition) is 1. The van der Waals surface area contributed by atoms with Gasteiger partial charge in [-0.15, -0.1) is 19.7 Å². The summed E-state index contributed by atoms with van der Waals surface area (Å²) in [5.74, 6) is 0.750. The van der Waals surface area contributed by atoms with Gasteiger partial charge in [-0.2, -0.15) is 0 Å². The van der Waals surface area contributed by atoms with E-state index in [1.807, 2.05) is 27.0 Å². The summed E-state index contributed by atoms with van der Waals surface area (Å²) >= 11 is 0. The summed E-state index contributed by atoms with van der Waals surface area (Å²) < 4.78 is 0. The molecule has 0 aromatic heterocycles. The molecule has 0 saturated carbocycles. The van der Waals surface area contributed by atoms with E-state index in [9.17, 15) is 0 Å². The summed E-state index contributed by atoms with van der Waals surface area (Å²) in [6.45, 7) is 18.2. The number of nitrogens with one attached hydrogen (secondary N) is 1. The molecule has 0 aromatic carbocycles. The largest absolute Gasteiger partial charge is 0.314 e. The van der Waals surface area contributed by atoms with E-state index in [1.54, 1.807) is 0 Å². The highest BCUT2D eigenvalue weighted by atomic mass is 14.9. The van der Waals surface area contributed by atoms with Crippen LogP contribution in [0, 0.1) is 5.92 Å². The van der Waals surface area contributed by atoms with Crippen molar-refractivity contribution in [1.82, 2.24) is 5.32 Å². The lowest BCUT2D eigenvalue weighted by molar-refractivity contribution is 0.500. The van der Waals surface area contributed by atoms with Crippen LogP contribution in [0.4, 0.5) is 0 Å². The average molecular weight is 185 g/mol. The molecule has 1 heteroatoms. The van der Waals surface area contributed by atoms with Gasteiger partial charge in [-0.05, 0) is 19.4 Å². The Hall–Kier alpha value is -0.560. The zero-order valence-electron chi connectivity index (χ0n) is 10.1. The highest BCUT2D eigenvalue weighted by Gasteiger charge is 2.01. The fraction of sp³-hybridized carbons (Fsp3) is 0.667. The van der Waals surface area contributed by atoms with E-state index < -0.39 is 0 Å². The molecule has 0 aliphatic rings. The summed E-state index contributed by atoms with van der Waals surface area (Å²) in [6.07, 6.45) is 3.14. The molecular formula is C12H27N. The van der Waals surface area contributed by atoms with E-state index in [4.69, 9.17) is 0 Å². The van der Waals surface area contributed by atoms with Crippen LogP contribution in [0.3, 0.4) is 0 Å². The van der Waals surface area contributed by atoms with Crippen LogP contribution in [0.2, 0.25) is 0 Å². The molecule has 1 nitrogen and oxygen atoms in total. The van der Waals surface area contributed by atoms with Crippen LogP contribution in [0.15, 0.2) is 25.8 Å². The van der Waals surface area contributed by atoms with Gasteiger partial charge in [0, 0.05) is 6.04 Å². The molecule has 1 N–H and O–H groups in total. The van der Waals surface area contributed by atoms with Crippen molar-refractivity contribution in [2.45, 2.75) is 40.2 Å². The first-order valence-corrected chi connectivity index (χ1v) is 5.00. The molecule has 0 heterocycles. The molecule has 0 spiro atoms. The Labute approximate surface area is 84.9 Å². The minimum Gasteiger partial charge on any atom is -0.314 e. The Kier molecular flexibility index (Phi) is 24.6. The molecule has 0 radical (unpaired) electrons. The average Bonchev–Trinajstić information content (AvgIpc) is 2.20. The Balaban J connectivity index is -0.000000218. The molecule has 1 atom stereocenters. The Morgan fingerprint density at radius 1 is 1.23 bits per heavy atom. The van der Waals surface area contributed by atoms with Crippen molar-refractivity contribution in [3.05, 3.63) is 25.8 Å². The molecule has 0 bridgehead atoms. The third-order valence-corrected chi connectivity index (χ3v) is 1.38. The van der Waals surface area contributed by atoms with Crippen molar-refractivity contribution in [3.63, 3.8) is 0 Å². The first-order valence-electron chi connectivity index (χ1n) is 5.00. The third kappa shape index (κ3) is 18.4. The maximum absolute atomic E-state index is 3.72. The molecule has 0 rings (SSSR count). The van der Waals surface area contributed by atoms with Gasteiger partial charge in [0.15, 0.2) is 0 Å². The van der Waals surface area contributed by atoms with Gasteiger partial charge in [0.1, 0.15) is 0 Å². The van der Waals surface area contributed by atoms with Crippen LogP contribution < -0.4 is 5.32 Å². The molecule has 0 aliphatic carbocycles. The smallest absolute Gasteiger partial charge is 0.0246 e. The number of rotatable bonds is 4. The van der Waals surface area contributed by atoms with E-state index in [0.29, 0.717) is 6.04 Å². The van der Waals surface area contributed by atoms with Gasteiger partial charge >= 0.3 is 0 Å². The van der Waals surface area contributed by atoms with Gasteiger partial charge < -0.3 is 5.32 Å². The van der Waals surface area contributed by atoms with Crippen LogP contribution in [-0.4, -0.2) is 13.1 Å². The minimum atomic E-state index is 0.491. The second-order valence-electron chi connectivity index (χ2n) is 2.76. The van der Waals surface area contributed by atoms with Crippen LogP contribution >= 0.6 is 0 Å². The maximum atomic E-state index is 3.72. The standard InChI is InChI=1S/C8H17N.C2H6.C2H4/c1-5-8(9-4)6-7(2)3;2*1-2/h5,7-9H,1,6H2,2-4H3;1-2H3;1-2H2. The monoisotopic (exact) mass is 185 g/mol. The molecule has 80 valence electrons. The maximum Gasteiger partial charge on any atom is 0.0246 e. The minimum absolute atomic E-state index is 0.491. The Morgan fingerprint density at radius 3 is 1.69 bits per heavy atom. The lowest BCUT2D eigenvalue weighted by atomic mass is 10.0. The SMILES string of the molecule is C=C.C=CC(CC(C)C)NC.CC. The van der Waals surface area contributed by atoms with Gasteiger partial charge in [0.2, 0.25) is 0 Å². The normalized spacial score (nSPS) is 10.3. The lowest BCUT2D eigenvalue weighted by Gasteiger charge is -2.12. The highest BCUT2D eigenvalue weighted by Crippen LogP contribution is 2.03. The van der Waals surface area contributed by atoms with Gasteiger partial charge in [0.25, 0.3) is 0 Å². The van der Waals surface area contributed by atoms with Gasteiger partial charge in [0.05, 0.1) is 0 Å². The first-order chi connectivity index (χ1) is 6.20. The van der Waals surface area contributed by atoms with Crippen molar-refractivity contribution < 1.29 is 0 Å². The highest BCUT2D eigenvalue weighted by molar-refractivity contribution is 4.84. The molecule has 13 heavy (non-hydrogen) atoms. The second kappa shape index (κ2) is 17.5. The lowest BCUT2D eigenvalue weighted by Crippen LogP contribution is -2.23. The molecular weight excluding hydrogens is 158 g/mol. The molecule has 0 aliphatic heterocycles.